The van der Waals surface area contributed by atoms with Gasteiger partial charge in [-0.15, -0.1) is 0 Å². The molecular formula is C30H33N5O4. The molecule has 0 aliphatic carbocycles. The quantitative estimate of drug-likeness (QED) is 0.135. The highest BCUT2D eigenvalue weighted by molar-refractivity contribution is 6.00. The largest absolute Gasteiger partial charge is 0.494 e. The van der Waals surface area contributed by atoms with Crippen LogP contribution in [-0.4, -0.2) is 48.8 Å². The molecule has 1 heterocycles. The minimum Gasteiger partial charge on any atom is -0.494 e. The minimum atomic E-state index is -1.16. The summed E-state index contributed by atoms with van der Waals surface area (Å²) in [5.41, 5.74) is 11.3. The molecule has 3 aromatic carbocycles. The number of ether oxygens (including phenoxy) is 2. The third kappa shape index (κ3) is 7.60. The Bertz CT molecular complexity index is 1310. The van der Waals surface area contributed by atoms with Crippen LogP contribution in [0.5, 0.6) is 5.75 Å². The van der Waals surface area contributed by atoms with Gasteiger partial charge in [0.05, 0.1) is 13.2 Å². The van der Waals surface area contributed by atoms with E-state index in [1.165, 1.54) is 5.56 Å². The maximum Gasteiger partial charge on any atom is 0.251 e. The number of nitrogens with zero attached hydrogens (tertiary/aromatic N) is 4. The fourth-order valence-corrected chi connectivity index (χ4v) is 4.44. The van der Waals surface area contributed by atoms with E-state index in [1.54, 1.807) is 0 Å². The summed E-state index contributed by atoms with van der Waals surface area (Å²) < 4.78 is 11.6. The number of hydrogen-bond donors (Lipinski definition) is 2. The van der Waals surface area contributed by atoms with Gasteiger partial charge in [-0.1, -0.05) is 59.7 Å². The molecule has 9 heteroatoms. The van der Waals surface area contributed by atoms with E-state index >= 15 is 0 Å². The zero-order valence-electron chi connectivity index (χ0n) is 21.8. The third-order valence-corrected chi connectivity index (χ3v) is 6.53. The lowest BCUT2D eigenvalue weighted by molar-refractivity contribution is -0.126. The Morgan fingerprint density at radius 1 is 1.05 bits per heavy atom. The summed E-state index contributed by atoms with van der Waals surface area (Å²) >= 11 is 0. The Labute approximate surface area is 228 Å². The first-order valence-electron chi connectivity index (χ1n) is 13.1. The standard InChI is InChI=1S/C30H33N5O4/c31-35-33-21-26-12-5-4-11-25(26)20-30(29(37)32-17-6-10-23-8-2-1-3-9-23)22-39-28(34-30)24-13-15-27(16-14-24)38-19-7-18-36/h1-5,8-9,11-16,36H,6-7,10,17-22H2,(H,32,37)/t30-/m1/s1. The van der Waals surface area contributed by atoms with Crippen LogP contribution in [0.1, 0.15) is 35.1 Å². The molecule has 0 aromatic heterocycles. The van der Waals surface area contributed by atoms with Crippen LogP contribution >= 0.6 is 0 Å². The molecule has 0 bridgehead atoms. The first kappa shape index (κ1) is 27.7. The van der Waals surface area contributed by atoms with E-state index in [2.05, 4.69) is 27.5 Å². The summed E-state index contributed by atoms with van der Waals surface area (Å²) in [6, 6.07) is 25.1. The van der Waals surface area contributed by atoms with E-state index in [1.807, 2.05) is 66.7 Å². The van der Waals surface area contributed by atoms with Crippen molar-refractivity contribution in [3.05, 3.63) is 112 Å². The molecule has 1 atom stereocenters. The minimum absolute atomic E-state index is 0.0745. The van der Waals surface area contributed by atoms with Gasteiger partial charge in [-0.2, -0.15) is 0 Å². The van der Waals surface area contributed by atoms with E-state index in [0.29, 0.717) is 37.6 Å². The number of benzene rings is 3. The fraction of sp³-hybridized carbons (Fsp3) is 0.333. The second-order valence-corrected chi connectivity index (χ2v) is 9.37. The highest BCUT2D eigenvalue weighted by atomic mass is 16.5. The zero-order valence-corrected chi connectivity index (χ0v) is 21.8. The Hall–Kier alpha value is -4.33. The van der Waals surface area contributed by atoms with Crippen LogP contribution in [0.3, 0.4) is 0 Å². The average molecular weight is 528 g/mol. The van der Waals surface area contributed by atoms with Crippen molar-refractivity contribution in [1.29, 1.82) is 0 Å². The van der Waals surface area contributed by atoms with Gasteiger partial charge in [0.15, 0.2) is 5.54 Å². The third-order valence-electron chi connectivity index (χ3n) is 6.53. The molecule has 1 amide bonds. The van der Waals surface area contributed by atoms with Crippen LogP contribution in [0.15, 0.2) is 89.0 Å². The number of rotatable bonds is 14. The molecule has 2 N–H and O–H groups in total. The number of hydrogen-bond acceptors (Lipinski definition) is 6. The summed E-state index contributed by atoms with van der Waals surface area (Å²) in [5.74, 6) is 0.872. The fourth-order valence-electron chi connectivity index (χ4n) is 4.44. The average Bonchev–Trinajstić information content (AvgIpc) is 3.41. The number of aryl methyl sites for hydroxylation is 1. The lowest BCUT2D eigenvalue weighted by Gasteiger charge is -2.24. The maximum absolute atomic E-state index is 13.7. The van der Waals surface area contributed by atoms with Gasteiger partial charge in [0.2, 0.25) is 5.90 Å². The monoisotopic (exact) mass is 527 g/mol. The van der Waals surface area contributed by atoms with Crippen LogP contribution in [0, 0.1) is 0 Å². The lowest BCUT2D eigenvalue weighted by atomic mass is 9.89. The molecular weight excluding hydrogens is 494 g/mol. The maximum atomic E-state index is 13.7. The highest BCUT2D eigenvalue weighted by Gasteiger charge is 2.44. The molecule has 39 heavy (non-hydrogen) atoms. The molecule has 0 saturated heterocycles. The summed E-state index contributed by atoms with van der Waals surface area (Å²) in [6.45, 7) is 1.30. The zero-order chi connectivity index (χ0) is 27.3. The molecule has 0 saturated carbocycles. The van der Waals surface area contributed by atoms with E-state index in [9.17, 15) is 4.79 Å². The molecule has 0 fully saturated rings. The predicted molar refractivity (Wildman–Crippen MR) is 150 cm³/mol. The van der Waals surface area contributed by atoms with Gasteiger partial charge in [0.25, 0.3) is 5.91 Å². The van der Waals surface area contributed by atoms with Crippen LogP contribution < -0.4 is 10.1 Å². The number of aliphatic hydroxyl groups excluding tert-OH is 1. The topological polar surface area (TPSA) is 129 Å². The van der Waals surface area contributed by atoms with Gasteiger partial charge in [-0.3, -0.25) is 4.79 Å². The van der Waals surface area contributed by atoms with E-state index < -0.39 is 5.54 Å². The van der Waals surface area contributed by atoms with Crippen LogP contribution in [0.2, 0.25) is 0 Å². The van der Waals surface area contributed by atoms with Gasteiger partial charge < -0.3 is 19.9 Å². The number of azide groups is 1. The van der Waals surface area contributed by atoms with E-state index in [4.69, 9.17) is 25.1 Å². The van der Waals surface area contributed by atoms with Gasteiger partial charge in [0.1, 0.15) is 12.4 Å². The first-order valence-corrected chi connectivity index (χ1v) is 13.1. The molecule has 3 aromatic rings. The van der Waals surface area contributed by atoms with Crippen LogP contribution in [0.4, 0.5) is 0 Å². The molecule has 202 valence electrons. The van der Waals surface area contributed by atoms with Crippen LogP contribution in [-0.2, 0) is 28.9 Å². The van der Waals surface area contributed by atoms with Crippen molar-refractivity contribution in [3.8, 4) is 5.75 Å². The SMILES string of the molecule is [N-]=[N+]=NCc1ccccc1C[C@]1(C(=O)NCCCc2ccccc2)COC(c2ccc(OCCCO)cc2)=N1. The van der Waals surface area contributed by atoms with Crippen molar-refractivity contribution in [2.45, 2.75) is 37.8 Å². The van der Waals surface area contributed by atoms with Crippen molar-refractivity contribution >= 4 is 11.8 Å². The van der Waals surface area contributed by atoms with E-state index in [0.717, 1.165) is 29.5 Å². The van der Waals surface area contributed by atoms with Crippen molar-refractivity contribution < 1.29 is 19.4 Å². The second kappa shape index (κ2) is 14.0. The number of aliphatic hydroxyl groups is 1. The Morgan fingerprint density at radius 2 is 1.79 bits per heavy atom. The predicted octanol–water partition coefficient (Wildman–Crippen LogP) is 4.77. The first-order chi connectivity index (χ1) is 19.1. The Morgan fingerprint density at radius 3 is 2.54 bits per heavy atom. The summed E-state index contributed by atoms with van der Waals surface area (Å²) in [5, 5.41) is 15.7. The molecule has 0 radical (unpaired) electrons. The van der Waals surface area contributed by atoms with Crippen molar-refractivity contribution in [2.75, 3.05) is 26.4 Å². The van der Waals surface area contributed by atoms with Crippen molar-refractivity contribution in [1.82, 2.24) is 5.32 Å². The lowest BCUT2D eigenvalue weighted by Crippen LogP contribution is -2.48. The molecule has 0 spiro atoms. The number of carbonyl (C=O) groups is 1. The normalized spacial score (nSPS) is 16.1. The Balaban J connectivity index is 1.53. The number of carbonyl (C=O) groups excluding carboxylic acids is 1. The Kier molecular flexibility index (Phi) is 9.94. The second-order valence-electron chi connectivity index (χ2n) is 9.37. The van der Waals surface area contributed by atoms with Crippen molar-refractivity contribution in [3.63, 3.8) is 0 Å². The summed E-state index contributed by atoms with van der Waals surface area (Å²) in [7, 11) is 0. The highest BCUT2D eigenvalue weighted by Crippen LogP contribution is 2.29. The van der Waals surface area contributed by atoms with Crippen LogP contribution in [0.25, 0.3) is 10.4 Å². The van der Waals surface area contributed by atoms with Gasteiger partial charge in [0, 0.05) is 36.5 Å². The van der Waals surface area contributed by atoms with Crippen molar-refractivity contribution in [2.24, 2.45) is 10.1 Å². The van der Waals surface area contributed by atoms with Gasteiger partial charge >= 0.3 is 0 Å². The number of aliphatic imine (C=N–C) groups is 1. The molecule has 0 unspecified atom stereocenters. The van der Waals surface area contributed by atoms with Gasteiger partial charge in [-0.05, 0) is 59.3 Å². The summed E-state index contributed by atoms with van der Waals surface area (Å²) in [6.07, 6.45) is 2.53. The summed E-state index contributed by atoms with van der Waals surface area (Å²) in [4.78, 5) is 21.4. The molecule has 1 aliphatic heterocycles. The molecule has 4 rings (SSSR count). The van der Waals surface area contributed by atoms with E-state index in [-0.39, 0.29) is 25.7 Å². The smallest absolute Gasteiger partial charge is 0.251 e. The number of nitrogens with one attached hydrogen (secondary N) is 1. The van der Waals surface area contributed by atoms with Gasteiger partial charge in [-0.25, -0.2) is 4.99 Å². The molecule has 1 aliphatic rings. The molecule has 9 nitrogen and oxygen atoms in total. The number of amides is 1.